The van der Waals surface area contributed by atoms with Crippen LogP contribution in [0.4, 0.5) is 8.78 Å². The van der Waals surface area contributed by atoms with E-state index in [9.17, 15) is 8.78 Å². The maximum atomic E-state index is 12.6. The van der Waals surface area contributed by atoms with Gasteiger partial charge in [-0.2, -0.15) is 8.78 Å². The minimum absolute atomic E-state index is 0.123. The molecule has 0 aliphatic carbocycles. The summed E-state index contributed by atoms with van der Waals surface area (Å²) >= 11 is 5.05. The second-order valence-electron chi connectivity index (χ2n) is 1.90. The van der Waals surface area contributed by atoms with E-state index < -0.39 is 11.2 Å². The predicted molar refractivity (Wildman–Crippen MR) is 35.1 cm³/mol. The van der Waals surface area contributed by atoms with Gasteiger partial charge in [-0.1, -0.05) is 11.6 Å². The molecular formula is C5H5ClF2N2. The highest BCUT2D eigenvalue weighted by molar-refractivity contribution is 6.24. The quantitative estimate of drug-likeness (QED) is 0.430. The molecule has 1 atom stereocenters. The molecule has 1 aliphatic heterocycles. The number of nitrogens with one attached hydrogen (secondary N) is 1. The van der Waals surface area contributed by atoms with Gasteiger partial charge < -0.3 is 5.32 Å². The lowest BCUT2D eigenvalue weighted by molar-refractivity contribution is 0.344. The van der Waals surface area contributed by atoms with Gasteiger partial charge in [-0.15, -0.1) is 0 Å². The summed E-state index contributed by atoms with van der Waals surface area (Å²) in [5.74, 6) is -0.692. The van der Waals surface area contributed by atoms with Crippen LogP contribution in [0.3, 0.4) is 0 Å². The second-order valence-corrected chi connectivity index (χ2v) is 2.43. The molecule has 0 aromatic rings. The average Bonchev–Trinajstić information content (AvgIpc) is 1.54. The van der Waals surface area contributed by atoms with Crippen LogP contribution in [0.25, 0.3) is 0 Å². The molecule has 0 aromatic heterocycles. The number of alkyl halides is 2. The van der Waals surface area contributed by atoms with Crippen molar-refractivity contribution in [2.24, 2.45) is 4.99 Å². The van der Waals surface area contributed by atoms with Gasteiger partial charge in [0.1, 0.15) is 5.84 Å². The Morgan fingerprint density at radius 1 is 1.80 bits per heavy atom. The number of amidine groups is 1. The molecule has 1 heterocycles. The van der Waals surface area contributed by atoms with Crippen LogP contribution < -0.4 is 5.32 Å². The molecule has 0 fully saturated rings. The number of halogens is 3. The number of hydrogen-bond donors (Lipinski definition) is 1. The van der Waals surface area contributed by atoms with Gasteiger partial charge in [0.15, 0.2) is 5.95 Å². The van der Waals surface area contributed by atoms with Crippen LogP contribution in [0.2, 0.25) is 0 Å². The molecule has 1 unspecified atom stereocenters. The highest BCUT2D eigenvalue weighted by Gasteiger charge is 2.26. The maximum Gasteiger partial charge on any atom is 0.300 e. The smallest absolute Gasteiger partial charge is 0.300 e. The topological polar surface area (TPSA) is 24.4 Å². The molecule has 0 spiro atoms. The summed E-state index contributed by atoms with van der Waals surface area (Å²) in [6.07, 6.45) is 0.557. The van der Waals surface area contributed by atoms with Crippen molar-refractivity contribution in [2.75, 3.05) is 0 Å². The number of nitrogens with zero attached hydrogens (tertiary/aromatic N) is 1. The van der Waals surface area contributed by atoms with Gasteiger partial charge in [0.25, 0.3) is 0 Å². The summed E-state index contributed by atoms with van der Waals surface area (Å²) < 4.78 is 24.9. The highest BCUT2D eigenvalue weighted by atomic mass is 35.5. The fourth-order valence-corrected chi connectivity index (χ4v) is 0.868. The van der Waals surface area contributed by atoms with E-state index in [0.717, 1.165) is 0 Å². The lowest BCUT2D eigenvalue weighted by atomic mass is 10.4. The fourth-order valence-electron chi connectivity index (χ4n) is 0.645. The van der Waals surface area contributed by atoms with Gasteiger partial charge in [-0.3, -0.25) is 0 Å². The van der Waals surface area contributed by atoms with Crippen LogP contribution in [0.5, 0.6) is 0 Å². The average molecular weight is 167 g/mol. The van der Waals surface area contributed by atoms with Crippen molar-refractivity contribution in [3.05, 3.63) is 12.0 Å². The number of aliphatic imine (C=N–C) groups is 1. The number of hydrogen-bond acceptors (Lipinski definition) is 2. The molecule has 0 amide bonds. The molecule has 0 bridgehead atoms. The Morgan fingerprint density at radius 3 is 2.80 bits per heavy atom. The minimum atomic E-state index is -2.42. The van der Waals surface area contributed by atoms with Gasteiger partial charge in [0.2, 0.25) is 0 Å². The zero-order valence-corrected chi connectivity index (χ0v) is 5.91. The summed E-state index contributed by atoms with van der Waals surface area (Å²) in [5.41, 5.74) is 0. The molecule has 0 radical (unpaired) electrons. The molecular weight excluding hydrogens is 162 g/mol. The van der Waals surface area contributed by atoms with Crippen molar-refractivity contribution < 1.29 is 8.78 Å². The molecule has 56 valence electrons. The lowest BCUT2D eigenvalue weighted by Crippen LogP contribution is -2.27. The molecule has 1 rings (SSSR count). The van der Waals surface area contributed by atoms with Crippen LogP contribution in [-0.2, 0) is 0 Å². The first-order valence-corrected chi connectivity index (χ1v) is 2.97. The van der Waals surface area contributed by atoms with E-state index >= 15 is 0 Å². The summed E-state index contributed by atoms with van der Waals surface area (Å²) in [6.45, 7) is 1.42. The first-order chi connectivity index (χ1) is 4.49. The summed E-state index contributed by atoms with van der Waals surface area (Å²) in [5, 5.41) is -0.262. The lowest BCUT2D eigenvalue weighted by Gasteiger charge is -2.15. The first-order valence-electron chi connectivity index (χ1n) is 2.59. The Morgan fingerprint density at radius 2 is 2.40 bits per heavy atom. The van der Waals surface area contributed by atoms with Crippen molar-refractivity contribution in [3.8, 4) is 0 Å². The Kier molecular flexibility index (Phi) is 1.64. The maximum absolute atomic E-state index is 12.6. The van der Waals surface area contributed by atoms with E-state index in [1.54, 1.807) is 0 Å². The van der Waals surface area contributed by atoms with E-state index in [1.807, 2.05) is 0 Å². The van der Waals surface area contributed by atoms with Gasteiger partial charge in [0, 0.05) is 6.08 Å². The molecule has 5 heteroatoms. The van der Waals surface area contributed by atoms with Crippen LogP contribution in [-0.4, -0.2) is 11.1 Å². The van der Waals surface area contributed by atoms with Gasteiger partial charge >= 0.3 is 5.25 Å². The SMILES string of the molecule is CC1=NC(F)(Cl)C=C(F)N1. The molecule has 0 saturated carbocycles. The van der Waals surface area contributed by atoms with E-state index in [0.29, 0.717) is 6.08 Å². The van der Waals surface area contributed by atoms with Crippen molar-refractivity contribution >= 4 is 17.4 Å². The molecule has 2 nitrogen and oxygen atoms in total. The van der Waals surface area contributed by atoms with Crippen molar-refractivity contribution in [1.29, 1.82) is 0 Å². The Bertz CT molecular complexity index is 190. The Hall–Kier alpha value is -0.640. The Balaban J connectivity index is 2.88. The standard InChI is InChI=1S/C5H5ClF2N2/c1-3-9-4(7)2-5(6,8)10-3/h2H,1H3,(H,9,10). The summed E-state index contributed by atoms with van der Waals surface area (Å²) in [6, 6.07) is 0. The van der Waals surface area contributed by atoms with Crippen molar-refractivity contribution in [1.82, 2.24) is 5.32 Å². The van der Waals surface area contributed by atoms with Gasteiger partial charge in [0.05, 0.1) is 0 Å². The summed E-state index contributed by atoms with van der Waals surface area (Å²) in [7, 11) is 0. The fraction of sp³-hybridized carbons (Fsp3) is 0.400. The highest BCUT2D eigenvalue weighted by Crippen LogP contribution is 2.24. The number of rotatable bonds is 0. The van der Waals surface area contributed by atoms with Crippen molar-refractivity contribution in [2.45, 2.75) is 12.2 Å². The first kappa shape index (κ1) is 7.47. The van der Waals surface area contributed by atoms with E-state index in [4.69, 9.17) is 11.6 Å². The third-order valence-electron chi connectivity index (χ3n) is 0.917. The zero-order chi connectivity index (χ0) is 7.78. The zero-order valence-electron chi connectivity index (χ0n) is 5.16. The van der Waals surface area contributed by atoms with E-state index in [1.165, 1.54) is 6.92 Å². The van der Waals surface area contributed by atoms with Crippen LogP contribution in [0, 0.1) is 0 Å². The summed E-state index contributed by atoms with van der Waals surface area (Å²) in [4.78, 5) is 3.25. The van der Waals surface area contributed by atoms with Gasteiger partial charge in [-0.25, -0.2) is 4.99 Å². The molecule has 0 saturated heterocycles. The molecule has 10 heavy (non-hydrogen) atoms. The van der Waals surface area contributed by atoms with Crippen LogP contribution in [0.1, 0.15) is 6.92 Å². The second kappa shape index (κ2) is 2.20. The predicted octanol–water partition coefficient (Wildman–Crippen LogP) is 1.68. The van der Waals surface area contributed by atoms with Crippen molar-refractivity contribution in [3.63, 3.8) is 0 Å². The molecule has 1 aliphatic rings. The largest absolute Gasteiger partial charge is 0.321 e. The van der Waals surface area contributed by atoms with E-state index in [-0.39, 0.29) is 5.84 Å². The monoisotopic (exact) mass is 166 g/mol. The van der Waals surface area contributed by atoms with Crippen LogP contribution >= 0.6 is 11.6 Å². The minimum Gasteiger partial charge on any atom is -0.321 e. The third-order valence-corrected chi connectivity index (χ3v) is 1.11. The molecule has 0 aromatic carbocycles. The molecule has 1 N–H and O–H groups in total. The van der Waals surface area contributed by atoms with E-state index in [2.05, 4.69) is 10.3 Å². The van der Waals surface area contributed by atoms with Crippen LogP contribution in [0.15, 0.2) is 17.0 Å². The Labute approximate surface area is 61.6 Å². The normalized spacial score (nSPS) is 32.4. The third kappa shape index (κ3) is 1.67. The van der Waals surface area contributed by atoms with Gasteiger partial charge in [-0.05, 0) is 6.92 Å².